The molecule has 0 spiro atoms. The summed E-state index contributed by atoms with van der Waals surface area (Å²) in [5, 5.41) is 12.4. The molecule has 1 heterocycles. The minimum Gasteiger partial charge on any atom is -0.487 e. The quantitative estimate of drug-likeness (QED) is 0.813. The zero-order valence-electron chi connectivity index (χ0n) is 13.1. The van der Waals surface area contributed by atoms with Gasteiger partial charge in [-0.2, -0.15) is 0 Å². The largest absolute Gasteiger partial charge is 0.487 e. The molecule has 0 fully saturated rings. The number of nitrogens with one attached hydrogen (secondary N) is 1. The average Bonchev–Trinajstić information content (AvgIpc) is 2.94. The Morgan fingerprint density at radius 1 is 1.43 bits per heavy atom. The lowest BCUT2D eigenvalue weighted by molar-refractivity contribution is 0.0893. The summed E-state index contributed by atoms with van der Waals surface area (Å²) < 4.78 is 11.1. The van der Waals surface area contributed by atoms with Crippen molar-refractivity contribution in [2.45, 2.75) is 33.0 Å². The van der Waals surface area contributed by atoms with E-state index in [1.54, 1.807) is 25.1 Å². The molecule has 0 unspecified atom stereocenters. The normalized spacial score (nSPS) is 12.0. The van der Waals surface area contributed by atoms with Crippen molar-refractivity contribution >= 4 is 17.5 Å². The monoisotopic (exact) mass is 337 g/mol. The molecule has 2 N–H and O–H groups in total. The molecule has 0 aliphatic carbocycles. The van der Waals surface area contributed by atoms with Gasteiger partial charge in [-0.25, -0.2) is 0 Å². The van der Waals surface area contributed by atoms with E-state index in [1.165, 1.54) is 0 Å². The van der Waals surface area contributed by atoms with Crippen LogP contribution < -0.4 is 10.1 Å². The lowest BCUT2D eigenvalue weighted by Crippen LogP contribution is -2.35. The van der Waals surface area contributed by atoms with Gasteiger partial charge in [-0.05, 0) is 31.5 Å². The summed E-state index contributed by atoms with van der Waals surface area (Å²) in [6.45, 7) is 3.82. The van der Waals surface area contributed by atoms with Crippen molar-refractivity contribution in [3.05, 3.63) is 52.4 Å². The van der Waals surface area contributed by atoms with E-state index in [2.05, 4.69) is 5.32 Å². The van der Waals surface area contributed by atoms with Crippen LogP contribution in [0, 0.1) is 6.92 Å². The summed E-state index contributed by atoms with van der Waals surface area (Å²) in [5.74, 6) is 0.837. The van der Waals surface area contributed by atoms with Crippen LogP contribution in [0.15, 0.2) is 34.7 Å². The molecule has 1 amide bonds. The molecule has 1 aromatic heterocycles. The van der Waals surface area contributed by atoms with Crippen molar-refractivity contribution in [2.24, 2.45) is 0 Å². The first kappa shape index (κ1) is 17.4. The molecule has 2 aromatic rings. The van der Waals surface area contributed by atoms with Gasteiger partial charge in [-0.3, -0.25) is 4.79 Å². The number of carbonyl (C=O) groups excluding carboxylic acids is 1. The van der Waals surface area contributed by atoms with Crippen molar-refractivity contribution in [3.63, 3.8) is 0 Å². The van der Waals surface area contributed by atoms with E-state index in [9.17, 15) is 4.79 Å². The highest BCUT2D eigenvalue weighted by Crippen LogP contribution is 2.24. The number of aliphatic hydroxyl groups excluding tert-OH is 1. The van der Waals surface area contributed by atoms with Crippen molar-refractivity contribution < 1.29 is 19.1 Å². The van der Waals surface area contributed by atoms with Crippen molar-refractivity contribution in [2.75, 3.05) is 6.54 Å². The van der Waals surface area contributed by atoms with Crippen LogP contribution in [0.5, 0.6) is 5.75 Å². The maximum Gasteiger partial charge on any atom is 0.287 e. The van der Waals surface area contributed by atoms with Gasteiger partial charge in [0, 0.05) is 5.56 Å². The number of ether oxygens (including phenoxy) is 1. The zero-order chi connectivity index (χ0) is 16.8. The van der Waals surface area contributed by atoms with Gasteiger partial charge in [-0.15, -0.1) is 0 Å². The molecule has 0 aliphatic heterocycles. The Kier molecular flexibility index (Phi) is 6.07. The second kappa shape index (κ2) is 8.04. The number of carbonyl (C=O) groups is 1. The third-order valence-electron chi connectivity index (χ3n) is 3.41. The van der Waals surface area contributed by atoms with Crippen LogP contribution >= 0.6 is 11.6 Å². The zero-order valence-corrected chi connectivity index (χ0v) is 13.9. The molecule has 1 atom stereocenters. The molecule has 0 radical (unpaired) electrons. The van der Waals surface area contributed by atoms with Gasteiger partial charge >= 0.3 is 0 Å². The molecule has 5 nitrogen and oxygen atoms in total. The number of aliphatic hydroxyl groups is 1. The summed E-state index contributed by atoms with van der Waals surface area (Å²) in [4.78, 5) is 12.2. The van der Waals surface area contributed by atoms with Crippen molar-refractivity contribution in [1.82, 2.24) is 5.32 Å². The Morgan fingerprint density at radius 3 is 2.78 bits per heavy atom. The van der Waals surface area contributed by atoms with E-state index < -0.39 is 0 Å². The van der Waals surface area contributed by atoms with Gasteiger partial charge in [0.15, 0.2) is 5.76 Å². The van der Waals surface area contributed by atoms with E-state index >= 15 is 0 Å². The molecular weight excluding hydrogens is 318 g/mol. The fraction of sp³-hybridized carbons (Fsp3) is 0.353. The molecule has 0 bridgehead atoms. The summed E-state index contributed by atoms with van der Waals surface area (Å²) in [6, 6.07) is 8.86. The van der Waals surface area contributed by atoms with E-state index in [0.717, 1.165) is 0 Å². The molecule has 124 valence electrons. The van der Waals surface area contributed by atoms with E-state index in [1.807, 2.05) is 19.1 Å². The predicted molar refractivity (Wildman–Crippen MR) is 87.9 cm³/mol. The number of furan rings is 1. The third kappa shape index (κ3) is 4.50. The van der Waals surface area contributed by atoms with Crippen LogP contribution in [0.3, 0.4) is 0 Å². The summed E-state index contributed by atoms with van der Waals surface area (Å²) in [7, 11) is 0. The number of hydrogen-bond acceptors (Lipinski definition) is 4. The Bertz CT molecular complexity index is 668. The Labute approximate surface area is 140 Å². The predicted octanol–water partition coefficient (Wildman–Crippen LogP) is 3.32. The van der Waals surface area contributed by atoms with Crippen LogP contribution in [0.4, 0.5) is 0 Å². The SMILES string of the molecule is CC[C@H](CNC(=O)c1oc(CO)cc1C)Oc1ccccc1Cl. The highest BCUT2D eigenvalue weighted by Gasteiger charge is 2.17. The topological polar surface area (TPSA) is 71.7 Å². The van der Waals surface area contributed by atoms with Gasteiger partial charge in [0.2, 0.25) is 0 Å². The van der Waals surface area contributed by atoms with Crippen molar-refractivity contribution in [1.29, 1.82) is 0 Å². The van der Waals surface area contributed by atoms with Crippen LogP contribution in [0.25, 0.3) is 0 Å². The smallest absolute Gasteiger partial charge is 0.287 e. The second-order valence-electron chi connectivity index (χ2n) is 5.17. The first-order chi connectivity index (χ1) is 11.0. The number of benzene rings is 1. The average molecular weight is 338 g/mol. The summed E-state index contributed by atoms with van der Waals surface area (Å²) in [5.41, 5.74) is 0.687. The highest BCUT2D eigenvalue weighted by atomic mass is 35.5. The third-order valence-corrected chi connectivity index (χ3v) is 3.72. The molecule has 0 saturated heterocycles. The van der Waals surface area contributed by atoms with E-state index in [0.29, 0.717) is 35.1 Å². The minimum atomic E-state index is -0.330. The minimum absolute atomic E-state index is 0.202. The Hall–Kier alpha value is -1.98. The maximum atomic E-state index is 12.2. The summed E-state index contributed by atoms with van der Waals surface area (Å²) in [6.07, 6.45) is 0.510. The van der Waals surface area contributed by atoms with Crippen LogP contribution in [-0.4, -0.2) is 23.7 Å². The van der Waals surface area contributed by atoms with E-state index in [-0.39, 0.29) is 24.4 Å². The lowest BCUT2D eigenvalue weighted by Gasteiger charge is -2.18. The second-order valence-corrected chi connectivity index (χ2v) is 5.58. The van der Waals surface area contributed by atoms with Crippen LogP contribution in [0.2, 0.25) is 5.02 Å². The number of halogens is 1. The van der Waals surface area contributed by atoms with Gasteiger partial charge in [0.05, 0.1) is 11.6 Å². The van der Waals surface area contributed by atoms with E-state index in [4.69, 9.17) is 25.9 Å². The molecule has 0 aliphatic rings. The molecule has 0 saturated carbocycles. The van der Waals surface area contributed by atoms with Crippen LogP contribution in [-0.2, 0) is 6.61 Å². The lowest BCUT2D eigenvalue weighted by atomic mass is 10.2. The van der Waals surface area contributed by atoms with Crippen LogP contribution in [0.1, 0.15) is 35.2 Å². The van der Waals surface area contributed by atoms with Gasteiger partial charge < -0.3 is 19.6 Å². The van der Waals surface area contributed by atoms with Gasteiger partial charge in [0.25, 0.3) is 5.91 Å². The first-order valence-electron chi connectivity index (χ1n) is 7.44. The molecule has 2 rings (SSSR count). The summed E-state index contributed by atoms with van der Waals surface area (Å²) >= 11 is 6.07. The number of amides is 1. The fourth-order valence-electron chi connectivity index (χ4n) is 2.13. The van der Waals surface area contributed by atoms with Gasteiger partial charge in [0.1, 0.15) is 24.2 Å². The number of aryl methyl sites for hydroxylation is 1. The maximum absolute atomic E-state index is 12.2. The Morgan fingerprint density at radius 2 is 2.17 bits per heavy atom. The molecule has 1 aromatic carbocycles. The Balaban J connectivity index is 1.96. The fourth-order valence-corrected chi connectivity index (χ4v) is 2.31. The van der Waals surface area contributed by atoms with Gasteiger partial charge in [-0.1, -0.05) is 30.7 Å². The molecule has 6 heteroatoms. The molecule has 23 heavy (non-hydrogen) atoms. The standard InChI is InChI=1S/C17H20ClNO4/c1-3-12(22-15-7-5-4-6-14(15)18)9-19-17(21)16-11(2)8-13(10-20)23-16/h4-8,12,20H,3,9-10H2,1-2H3,(H,19,21)/t12-/m1/s1. The van der Waals surface area contributed by atoms with Crippen molar-refractivity contribution in [3.8, 4) is 5.75 Å². The number of hydrogen-bond donors (Lipinski definition) is 2. The highest BCUT2D eigenvalue weighted by molar-refractivity contribution is 6.32. The molecular formula is C17H20ClNO4. The number of rotatable bonds is 7. The number of para-hydroxylation sites is 1. The first-order valence-corrected chi connectivity index (χ1v) is 7.82.